The van der Waals surface area contributed by atoms with E-state index in [2.05, 4.69) is 33.8 Å². The maximum atomic E-state index is 12.5. The number of anilines is 3. The van der Waals surface area contributed by atoms with Crippen molar-refractivity contribution in [3.63, 3.8) is 0 Å². The molecule has 138 valence electrons. The summed E-state index contributed by atoms with van der Waals surface area (Å²) in [7, 11) is 1.56. The summed E-state index contributed by atoms with van der Waals surface area (Å²) in [6.45, 7) is 6.05. The molecule has 2 aromatic carbocycles. The maximum absolute atomic E-state index is 12.5. The summed E-state index contributed by atoms with van der Waals surface area (Å²) in [4.78, 5) is 12.5. The van der Waals surface area contributed by atoms with Crippen molar-refractivity contribution >= 4 is 23.1 Å². The zero-order valence-corrected chi connectivity index (χ0v) is 15.8. The minimum atomic E-state index is -0.343. The molecule has 0 bridgehead atoms. The predicted octanol–water partition coefficient (Wildman–Crippen LogP) is 4.41. The van der Waals surface area contributed by atoms with Crippen molar-refractivity contribution in [2.45, 2.75) is 20.8 Å². The first-order valence-electron chi connectivity index (χ1n) is 8.61. The number of rotatable bonds is 5. The lowest BCUT2D eigenvalue weighted by atomic mass is 10.1. The third-order valence-electron chi connectivity index (χ3n) is 4.37. The zero-order valence-electron chi connectivity index (χ0n) is 15.8. The Morgan fingerprint density at radius 2 is 1.78 bits per heavy atom. The molecule has 0 aliphatic rings. The van der Waals surface area contributed by atoms with E-state index in [0.717, 1.165) is 16.8 Å². The number of carbonyl (C=O) groups is 1. The fourth-order valence-corrected chi connectivity index (χ4v) is 2.65. The normalized spacial score (nSPS) is 10.4. The molecule has 0 spiro atoms. The van der Waals surface area contributed by atoms with E-state index in [-0.39, 0.29) is 11.6 Å². The molecular formula is C21H22N4O2. The molecule has 6 heteroatoms. The Labute approximate surface area is 158 Å². The van der Waals surface area contributed by atoms with Crippen LogP contribution < -0.4 is 15.4 Å². The third kappa shape index (κ3) is 4.23. The number of amides is 1. The first-order chi connectivity index (χ1) is 13.0. The Morgan fingerprint density at radius 3 is 2.48 bits per heavy atom. The number of benzene rings is 2. The van der Waals surface area contributed by atoms with Gasteiger partial charge in [0.05, 0.1) is 12.8 Å². The van der Waals surface area contributed by atoms with E-state index in [0.29, 0.717) is 17.3 Å². The summed E-state index contributed by atoms with van der Waals surface area (Å²) < 4.78 is 5.28. The molecule has 3 rings (SSSR count). The standard InChI is InChI=1S/C21H22N4O2/c1-13-8-10-19(27-4)18(12-13)23-21(26)17-9-11-20(25-24-17)22-16-7-5-6-14(2)15(16)3/h5-12H,1-4H3,(H,22,25)(H,23,26). The second kappa shape index (κ2) is 7.86. The van der Waals surface area contributed by atoms with Crippen LogP contribution in [-0.2, 0) is 0 Å². The average molecular weight is 362 g/mol. The molecule has 0 aliphatic carbocycles. The van der Waals surface area contributed by atoms with E-state index in [9.17, 15) is 4.79 Å². The monoisotopic (exact) mass is 362 g/mol. The van der Waals surface area contributed by atoms with Crippen molar-refractivity contribution < 1.29 is 9.53 Å². The van der Waals surface area contributed by atoms with Crippen LogP contribution in [0.5, 0.6) is 5.75 Å². The lowest BCUT2D eigenvalue weighted by molar-refractivity contribution is 0.102. The van der Waals surface area contributed by atoms with Crippen molar-refractivity contribution in [1.29, 1.82) is 0 Å². The number of aromatic nitrogens is 2. The van der Waals surface area contributed by atoms with Crippen LogP contribution in [0, 0.1) is 20.8 Å². The summed E-state index contributed by atoms with van der Waals surface area (Å²) in [5.74, 6) is 0.827. The zero-order chi connectivity index (χ0) is 19.4. The lowest BCUT2D eigenvalue weighted by Gasteiger charge is -2.12. The minimum absolute atomic E-state index is 0.227. The molecule has 1 amide bonds. The van der Waals surface area contributed by atoms with E-state index in [1.807, 2.05) is 44.2 Å². The molecule has 0 aliphatic heterocycles. The minimum Gasteiger partial charge on any atom is -0.495 e. The van der Waals surface area contributed by atoms with Gasteiger partial charge in [0.1, 0.15) is 5.75 Å². The van der Waals surface area contributed by atoms with Crippen LogP contribution in [0.3, 0.4) is 0 Å². The van der Waals surface area contributed by atoms with E-state index >= 15 is 0 Å². The highest BCUT2D eigenvalue weighted by Crippen LogP contribution is 2.26. The van der Waals surface area contributed by atoms with Gasteiger partial charge in [0.2, 0.25) is 0 Å². The van der Waals surface area contributed by atoms with Crippen LogP contribution in [0.15, 0.2) is 48.5 Å². The number of nitrogens with zero attached hydrogens (tertiary/aromatic N) is 2. The van der Waals surface area contributed by atoms with E-state index in [1.54, 1.807) is 19.2 Å². The lowest BCUT2D eigenvalue weighted by Crippen LogP contribution is -2.15. The Morgan fingerprint density at radius 1 is 0.963 bits per heavy atom. The number of nitrogens with one attached hydrogen (secondary N) is 2. The average Bonchev–Trinajstić information content (AvgIpc) is 2.66. The van der Waals surface area contributed by atoms with Crippen LogP contribution >= 0.6 is 0 Å². The molecule has 1 heterocycles. The highest BCUT2D eigenvalue weighted by atomic mass is 16.5. The Balaban J connectivity index is 1.74. The molecule has 2 N–H and O–H groups in total. The molecule has 0 radical (unpaired) electrons. The van der Waals surface area contributed by atoms with Gasteiger partial charge in [0.15, 0.2) is 11.5 Å². The fraction of sp³-hybridized carbons (Fsp3) is 0.190. The predicted molar refractivity (Wildman–Crippen MR) is 107 cm³/mol. The summed E-state index contributed by atoms with van der Waals surface area (Å²) in [6.07, 6.45) is 0. The van der Waals surface area contributed by atoms with Gasteiger partial charge in [0.25, 0.3) is 5.91 Å². The largest absolute Gasteiger partial charge is 0.495 e. The second-order valence-electron chi connectivity index (χ2n) is 6.33. The van der Waals surface area contributed by atoms with Crippen molar-refractivity contribution in [3.8, 4) is 5.75 Å². The highest BCUT2D eigenvalue weighted by molar-refractivity contribution is 6.03. The Bertz CT molecular complexity index is 968. The third-order valence-corrected chi connectivity index (χ3v) is 4.37. The fourth-order valence-electron chi connectivity index (χ4n) is 2.65. The Kier molecular flexibility index (Phi) is 5.35. The Hall–Kier alpha value is -3.41. The van der Waals surface area contributed by atoms with Crippen LogP contribution in [0.25, 0.3) is 0 Å². The molecule has 3 aromatic rings. The van der Waals surface area contributed by atoms with Gasteiger partial charge in [-0.05, 0) is 67.8 Å². The van der Waals surface area contributed by atoms with Crippen LogP contribution in [-0.4, -0.2) is 23.2 Å². The summed E-state index contributed by atoms with van der Waals surface area (Å²) in [6, 6.07) is 15.0. The first kappa shape index (κ1) is 18.4. The van der Waals surface area contributed by atoms with Crippen LogP contribution in [0.4, 0.5) is 17.2 Å². The smallest absolute Gasteiger partial charge is 0.276 e. The summed E-state index contributed by atoms with van der Waals surface area (Å²) in [5.41, 5.74) is 5.15. The van der Waals surface area contributed by atoms with E-state index < -0.39 is 0 Å². The SMILES string of the molecule is COc1ccc(C)cc1NC(=O)c1ccc(Nc2cccc(C)c2C)nn1. The highest BCUT2D eigenvalue weighted by Gasteiger charge is 2.12. The van der Waals surface area contributed by atoms with Gasteiger partial charge in [-0.3, -0.25) is 4.79 Å². The van der Waals surface area contributed by atoms with Crippen molar-refractivity contribution in [1.82, 2.24) is 10.2 Å². The van der Waals surface area contributed by atoms with Crippen LogP contribution in [0.2, 0.25) is 0 Å². The number of carbonyl (C=O) groups excluding carboxylic acids is 1. The number of aryl methyl sites for hydroxylation is 2. The maximum Gasteiger partial charge on any atom is 0.276 e. The van der Waals surface area contributed by atoms with Gasteiger partial charge in [0, 0.05) is 5.69 Å². The molecule has 0 atom stereocenters. The van der Waals surface area contributed by atoms with Gasteiger partial charge in [-0.25, -0.2) is 0 Å². The molecule has 0 saturated carbocycles. The van der Waals surface area contributed by atoms with Crippen molar-refractivity contribution in [2.75, 3.05) is 17.7 Å². The molecule has 1 aromatic heterocycles. The van der Waals surface area contributed by atoms with Gasteiger partial charge in [-0.1, -0.05) is 18.2 Å². The topological polar surface area (TPSA) is 76.1 Å². The number of methoxy groups -OCH3 is 1. The van der Waals surface area contributed by atoms with Gasteiger partial charge in [-0.2, -0.15) is 0 Å². The molecular weight excluding hydrogens is 340 g/mol. The second-order valence-corrected chi connectivity index (χ2v) is 6.33. The van der Waals surface area contributed by atoms with Gasteiger partial charge >= 0.3 is 0 Å². The van der Waals surface area contributed by atoms with Crippen LogP contribution in [0.1, 0.15) is 27.2 Å². The quantitative estimate of drug-likeness (QED) is 0.703. The molecule has 0 saturated heterocycles. The van der Waals surface area contributed by atoms with E-state index in [4.69, 9.17) is 4.74 Å². The van der Waals surface area contributed by atoms with Gasteiger partial charge < -0.3 is 15.4 Å². The molecule has 0 unspecified atom stereocenters. The summed E-state index contributed by atoms with van der Waals surface area (Å²) >= 11 is 0. The van der Waals surface area contributed by atoms with Gasteiger partial charge in [-0.15, -0.1) is 10.2 Å². The number of hydrogen-bond donors (Lipinski definition) is 2. The number of ether oxygens (including phenoxy) is 1. The van der Waals surface area contributed by atoms with Crippen molar-refractivity contribution in [2.24, 2.45) is 0 Å². The molecule has 27 heavy (non-hydrogen) atoms. The molecule has 0 fully saturated rings. The number of hydrogen-bond acceptors (Lipinski definition) is 5. The summed E-state index contributed by atoms with van der Waals surface area (Å²) in [5, 5.41) is 14.2. The first-order valence-corrected chi connectivity index (χ1v) is 8.61. The van der Waals surface area contributed by atoms with E-state index in [1.165, 1.54) is 5.56 Å². The molecule has 6 nitrogen and oxygen atoms in total. The van der Waals surface area contributed by atoms with Crippen molar-refractivity contribution in [3.05, 3.63) is 70.9 Å².